The van der Waals surface area contributed by atoms with E-state index in [1.807, 2.05) is 24.3 Å². The zero-order valence-electron chi connectivity index (χ0n) is 41.8. The minimum absolute atomic E-state index is 0. The number of carbonyl (C=O) groups is 4. The van der Waals surface area contributed by atoms with Gasteiger partial charge in [0.2, 0.25) is 20.0 Å². The quantitative estimate of drug-likeness (QED) is 0.153. The van der Waals surface area contributed by atoms with E-state index in [1.54, 1.807) is 77.3 Å². The van der Waals surface area contributed by atoms with Crippen LogP contribution in [0.5, 0.6) is 0 Å². The average molecular weight is 991 g/mol. The molecule has 372 valence electrons. The van der Waals surface area contributed by atoms with Crippen LogP contribution in [0.15, 0.2) is 82.8 Å². The maximum Gasteiger partial charge on any atom is 1.00 e. The van der Waals surface area contributed by atoms with Crippen molar-refractivity contribution in [2.45, 2.75) is 133 Å². The van der Waals surface area contributed by atoms with Gasteiger partial charge in [0.1, 0.15) is 15.6 Å². The molecule has 17 heteroatoms. The van der Waals surface area contributed by atoms with Gasteiger partial charge in [-0.05, 0) is 170 Å². The number of rotatable bonds is 14. The number of benzene rings is 2. The number of aromatic nitrogens is 2. The van der Waals surface area contributed by atoms with Gasteiger partial charge in [-0.15, -0.1) is 0 Å². The number of para-hydroxylation sites is 2. The number of likely N-dealkylation sites (N-methyl/N-ethyl adjacent to an activating group) is 2. The van der Waals surface area contributed by atoms with Crippen LogP contribution in [0.3, 0.4) is 0 Å². The number of fused-ring (bicyclic) bond motifs is 2. The average Bonchev–Trinajstić information content (AvgIpc) is 3.29. The molecule has 4 unspecified atom stereocenters. The molecule has 4 aromatic rings. The molecule has 0 amide bonds. The first-order valence-corrected chi connectivity index (χ1v) is 27.3. The summed E-state index contributed by atoms with van der Waals surface area (Å²) in [4.78, 5) is 60.6. The molecule has 14 nitrogen and oxygen atoms in total. The predicted octanol–water partition coefficient (Wildman–Crippen LogP) is 5.57. The second kappa shape index (κ2) is 19.2. The first-order chi connectivity index (χ1) is 31.9. The van der Waals surface area contributed by atoms with Gasteiger partial charge < -0.3 is 10.6 Å². The second-order valence-electron chi connectivity index (χ2n) is 22.7. The molecule has 0 spiro atoms. The summed E-state index contributed by atoms with van der Waals surface area (Å²) in [5.41, 5.74) is -2.42. The van der Waals surface area contributed by atoms with Crippen molar-refractivity contribution in [3.05, 3.63) is 73.1 Å². The molecule has 8 saturated carbocycles. The fraction of sp³-hybridized carbons (Fsp3) is 0.585. The predicted molar refractivity (Wildman–Crippen MR) is 260 cm³/mol. The molecule has 2 aromatic carbocycles. The van der Waals surface area contributed by atoms with Gasteiger partial charge in [0, 0.05) is 55.5 Å². The molecule has 8 aliphatic rings. The molecule has 2 heterocycles. The smallest absolute Gasteiger partial charge is 0.870 e. The molecule has 0 aliphatic heterocycles. The largest absolute Gasteiger partial charge is 1.00 e. The van der Waals surface area contributed by atoms with Crippen LogP contribution in [0.1, 0.15) is 112 Å². The number of hydrogen-bond donors (Lipinski definition) is 1. The summed E-state index contributed by atoms with van der Waals surface area (Å²) in [6.45, 7) is 8.48. The molecule has 8 fully saturated rings. The third-order valence-electron chi connectivity index (χ3n) is 18.4. The standard InChI is InChI=1S/C27H34N2O4S.C26H32N2O5S.Li.H2O/c1-17(30)27-14-18-11-20(15-27)22(21(12-18)16-27)13-24(31)26(2,3)29(4)34(32,33)23-9-5-7-19-8-6-10-28-25(19)23;1-25(2,28(3)34(32,33)21-8-4-6-17-7-5-9-27-23(17)21)22(29)12-20-18-10-16-11-19(20)15-26(13-16,14-18)24(30)31;;/h5-10,18,20-22H,11-16H2,1-4H3;4-9,16,18-20H,10-15H2,1-3H3,(H,30,31);;1H2/q;;+1;/p-1. The molecule has 0 radical (unpaired) electrons. The van der Waals surface area contributed by atoms with Gasteiger partial charge in [0.05, 0.1) is 27.5 Å². The number of sulfonamides is 2. The van der Waals surface area contributed by atoms with Crippen molar-refractivity contribution >= 4 is 65.2 Å². The SMILES string of the molecule is CC(=O)C12CC3CC(C1)C(CC(=O)C(C)(C)N(C)S(=O)(=O)c1cccc4cccnc14)C(C3)C2.CN(C(C)(C)C(=O)CC1C2CC3CC1CC(C(=O)O)(C3)C2)S(=O)(=O)c1cccc2cccnc12.[Li+].[OH-]. The number of ketones is 3. The van der Waals surface area contributed by atoms with Gasteiger partial charge in [-0.3, -0.25) is 29.1 Å². The molecule has 8 aliphatic carbocycles. The Hall–Kier alpha value is -3.88. The van der Waals surface area contributed by atoms with E-state index < -0.39 is 42.5 Å². The van der Waals surface area contributed by atoms with E-state index in [0.717, 1.165) is 62.1 Å². The van der Waals surface area contributed by atoms with Crippen molar-refractivity contribution in [1.29, 1.82) is 0 Å². The first-order valence-electron chi connectivity index (χ1n) is 24.4. The summed E-state index contributed by atoms with van der Waals surface area (Å²) in [6.07, 6.45) is 12.8. The number of pyridine rings is 2. The Morgan fingerprint density at radius 2 is 0.943 bits per heavy atom. The van der Waals surface area contributed by atoms with Crippen molar-refractivity contribution in [1.82, 2.24) is 18.6 Å². The molecule has 4 atom stereocenters. The van der Waals surface area contributed by atoms with Crippen LogP contribution in [0.25, 0.3) is 21.8 Å². The number of aliphatic carboxylic acids is 1. The number of nitrogens with zero attached hydrogens (tertiary/aromatic N) is 4. The zero-order chi connectivity index (χ0) is 48.9. The number of carboxylic acids is 1. The Bertz CT molecular complexity index is 2700. The third-order valence-corrected chi connectivity index (χ3v) is 22.5. The van der Waals surface area contributed by atoms with E-state index in [-0.39, 0.29) is 74.8 Å². The van der Waals surface area contributed by atoms with Crippen molar-refractivity contribution in [3.63, 3.8) is 0 Å². The van der Waals surface area contributed by atoms with Crippen LogP contribution >= 0.6 is 0 Å². The van der Waals surface area contributed by atoms with E-state index in [2.05, 4.69) is 9.97 Å². The Morgan fingerprint density at radius 1 is 0.600 bits per heavy atom. The fourth-order valence-electron chi connectivity index (χ4n) is 14.4. The Morgan fingerprint density at radius 3 is 1.30 bits per heavy atom. The van der Waals surface area contributed by atoms with Gasteiger partial charge in [0.15, 0.2) is 11.6 Å². The number of Topliss-reactive ketones (excluding diaryl/α,β-unsaturated/α-hetero) is 3. The molecule has 2 aromatic heterocycles. The van der Waals surface area contributed by atoms with Gasteiger partial charge in [-0.1, -0.05) is 36.4 Å². The van der Waals surface area contributed by atoms with Crippen LogP contribution in [0, 0.1) is 58.2 Å². The van der Waals surface area contributed by atoms with E-state index >= 15 is 0 Å². The number of carboxylic acid groups (broad SMARTS) is 1. The summed E-state index contributed by atoms with van der Waals surface area (Å²) < 4.78 is 56.9. The molecule has 8 bridgehead atoms. The van der Waals surface area contributed by atoms with E-state index in [1.165, 1.54) is 28.8 Å². The van der Waals surface area contributed by atoms with Crippen molar-refractivity contribution in [3.8, 4) is 0 Å². The Kier molecular flexibility index (Phi) is 14.8. The van der Waals surface area contributed by atoms with Gasteiger partial charge in [-0.25, -0.2) is 16.8 Å². The Balaban J connectivity index is 0.000000201. The fourth-order valence-corrected chi connectivity index (χ4v) is 17.7. The van der Waals surface area contributed by atoms with Crippen LogP contribution in [0.4, 0.5) is 0 Å². The van der Waals surface area contributed by atoms with Gasteiger partial charge in [-0.2, -0.15) is 8.61 Å². The van der Waals surface area contributed by atoms with Gasteiger partial charge in [0.25, 0.3) is 0 Å². The van der Waals surface area contributed by atoms with Crippen LogP contribution in [-0.2, 0) is 39.2 Å². The van der Waals surface area contributed by atoms with Crippen molar-refractivity contribution in [2.24, 2.45) is 58.2 Å². The molecule has 70 heavy (non-hydrogen) atoms. The third kappa shape index (κ3) is 9.04. The zero-order valence-corrected chi connectivity index (χ0v) is 43.4. The van der Waals surface area contributed by atoms with E-state index in [9.17, 15) is 41.1 Å². The van der Waals surface area contributed by atoms with Crippen LogP contribution < -0.4 is 18.9 Å². The molecular weight excluding hydrogens is 924 g/mol. The topological polar surface area (TPSA) is 219 Å². The normalized spacial score (nSPS) is 29.8. The summed E-state index contributed by atoms with van der Waals surface area (Å²) in [6, 6.07) is 17.3. The number of hydrogen-bond acceptors (Lipinski definition) is 11. The minimum atomic E-state index is -3.98. The monoisotopic (exact) mass is 990 g/mol. The minimum Gasteiger partial charge on any atom is -0.870 e. The van der Waals surface area contributed by atoms with Crippen molar-refractivity contribution < 1.29 is 65.5 Å². The summed E-state index contributed by atoms with van der Waals surface area (Å²) in [5.74, 6) is 2.10. The number of carbonyl (C=O) groups excluding carboxylic acids is 3. The first kappa shape index (κ1) is 53.9. The molecule has 0 saturated heterocycles. The molecule has 2 N–H and O–H groups in total. The summed E-state index contributed by atoms with van der Waals surface area (Å²) >= 11 is 0. The maximum atomic E-state index is 13.7. The molecular formula is C53H67LiN4O10S2. The maximum absolute atomic E-state index is 13.7. The van der Waals surface area contributed by atoms with Crippen LogP contribution in [0.2, 0.25) is 0 Å². The van der Waals surface area contributed by atoms with Crippen molar-refractivity contribution in [2.75, 3.05) is 14.1 Å². The van der Waals surface area contributed by atoms with E-state index in [4.69, 9.17) is 0 Å². The Labute approximate surface area is 424 Å². The summed E-state index contributed by atoms with van der Waals surface area (Å²) in [5, 5.41) is 11.3. The van der Waals surface area contributed by atoms with E-state index in [0.29, 0.717) is 66.2 Å². The molecule has 12 rings (SSSR count). The van der Waals surface area contributed by atoms with Gasteiger partial charge >= 0.3 is 24.8 Å². The van der Waals surface area contributed by atoms with Crippen LogP contribution in [-0.4, -0.2) is 94.5 Å². The second-order valence-corrected chi connectivity index (χ2v) is 26.5. The summed E-state index contributed by atoms with van der Waals surface area (Å²) in [7, 11) is -4.96.